The number of rotatable bonds is 3. The molecule has 3 heteroatoms. The summed E-state index contributed by atoms with van der Waals surface area (Å²) in [5.41, 5.74) is 0.172. The Morgan fingerprint density at radius 2 is 2.00 bits per heavy atom. The van der Waals surface area contributed by atoms with E-state index in [4.69, 9.17) is 4.74 Å². The van der Waals surface area contributed by atoms with Crippen LogP contribution in [0.1, 0.15) is 64.7 Å². The maximum atomic E-state index is 10.5. The van der Waals surface area contributed by atoms with E-state index in [1.165, 1.54) is 62.9 Å². The zero-order valence-electron chi connectivity index (χ0n) is 13.6. The number of hydrogen-bond donors (Lipinski definition) is 1. The predicted octanol–water partition coefficient (Wildman–Crippen LogP) is 4.26. The first-order valence-electron chi connectivity index (χ1n) is 9.12. The van der Waals surface area contributed by atoms with Crippen molar-refractivity contribution < 1.29 is 9.84 Å². The monoisotopic (exact) mass is 312 g/mol. The Bertz CT molecular complexity index is 322. The third-order valence-corrected chi connectivity index (χ3v) is 7.19. The first-order valence-corrected chi connectivity index (χ1v) is 10.3. The fourth-order valence-electron chi connectivity index (χ4n) is 4.98. The molecule has 1 saturated carbocycles. The van der Waals surface area contributed by atoms with Crippen molar-refractivity contribution in [3.63, 3.8) is 0 Å². The summed E-state index contributed by atoms with van der Waals surface area (Å²) in [7, 11) is 0. The van der Waals surface area contributed by atoms with Crippen molar-refractivity contribution in [2.45, 2.75) is 76.4 Å². The molecule has 0 radical (unpaired) electrons. The summed E-state index contributed by atoms with van der Waals surface area (Å²) >= 11 is 2.08. The van der Waals surface area contributed by atoms with Crippen LogP contribution in [0.4, 0.5) is 0 Å². The Morgan fingerprint density at radius 1 is 1.19 bits per heavy atom. The highest BCUT2D eigenvalue weighted by molar-refractivity contribution is 7.99. The van der Waals surface area contributed by atoms with Gasteiger partial charge in [0.1, 0.15) is 0 Å². The van der Waals surface area contributed by atoms with Crippen molar-refractivity contribution in [2.75, 3.05) is 18.1 Å². The molecule has 0 aromatic rings. The van der Waals surface area contributed by atoms with Crippen LogP contribution in [0.3, 0.4) is 0 Å². The molecule has 0 bridgehead atoms. The summed E-state index contributed by atoms with van der Waals surface area (Å²) in [6.07, 6.45) is 11.0. The molecule has 0 amide bonds. The van der Waals surface area contributed by atoms with E-state index in [0.717, 1.165) is 18.9 Å². The van der Waals surface area contributed by atoms with Gasteiger partial charge in [0.2, 0.25) is 0 Å². The fraction of sp³-hybridized carbons (Fsp3) is 1.00. The lowest BCUT2D eigenvalue weighted by atomic mass is 9.67. The normalized spacial score (nSPS) is 40.3. The molecule has 2 nitrogen and oxygen atoms in total. The molecule has 122 valence electrons. The highest BCUT2D eigenvalue weighted by Gasteiger charge is 2.43. The largest absolute Gasteiger partial charge is 0.393 e. The molecule has 2 saturated heterocycles. The Hall–Kier alpha value is 0.270. The van der Waals surface area contributed by atoms with Crippen LogP contribution in [0.25, 0.3) is 0 Å². The molecule has 3 rings (SSSR count). The van der Waals surface area contributed by atoms with Crippen molar-refractivity contribution in [3.8, 4) is 0 Å². The summed E-state index contributed by atoms with van der Waals surface area (Å²) in [5.74, 6) is 4.64. The third kappa shape index (κ3) is 3.79. The summed E-state index contributed by atoms with van der Waals surface area (Å²) in [4.78, 5) is 0. The van der Waals surface area contributed by atoms with Gasteiger partial charge in [0.25, 0.3) is 0 Å². The van der Waals surface area contributed by atoms with Crippen molar-refractivity contribution in [2.24, 2.45) is 17.8 Å². The van der Waals surface area contributed by atoms with Crippen LogP contribution >= 0.6 is 11.8 Å². The molecular formula is C18H32O2S. The summed E-state index contributed by atoms with van der Waals surface area (Å²) in [6.45, 7) is 3.22. The SMILES string of the molecule is CCCC1CCC(O)C(C2CCOC3(CCSCC3)C2)C1. The van der Waals surface area contributed by atoms with E-state index in [2.05, 4.69) is 18.7 Å². The van der Waals surface area contributed by atoms with Crippen molar-refractivity contribution in [3.05, 3.63) is 0 Å². The van der Waals surface area contributed by atoms with Gasteiger partial charge in [0.05, 0.1) is 11.7 Å². The minimum absolute atomic E-state index is 0.0452. The van der Waals surface area contributed by atoms with Crippen LogP contribution in [0.15, 0.2) is 0 Å². The molecule has 3 aliphatic rings. The van der Waals surface area contributed by atoms with E-state index in [1.54, 1.807) is 0 Å². The van der Waals surface area contributed by atoms with Crippen LogP contribution in [0.5, 0.6) is 0 Å². The summed E-state index contributed by atoms with van der Waals surface area (Å²) < 4.78 is 6.24. The highest BCUT2D eigenvalue weighted by atomic mass is 32.2. The average Bonchev–Trinajstić information content (AvgIpc) is 2.50. The van der Waals surface area contributed by atoms with Gasteiger partial charge in [-0.3, -0.25) is 0 Å². The number of hydrogen-bond acceptors (Lipinski definition) is 3. The van der Waals surface area contributed by atoms with Crippen LogP contribution < -0.4 is 0 Å². The van der Waals surface area contributed by atoms with Gasteiger partial charge in [-0.05, 0) is 74.2 Å². The lowest BCUT2D eigenvalue weighted by Crippen LogP contribution is -2.47. The van der Waals surface area contributed by atoms with Crippen LogP contribution in [-0.4, -0.2) is 34.9 Å². The third-order valence-electron chi connectivity index (χ3n) is 6.21. The predicted molar refractivity (Wildman–Crippen MR) is 89.7 cm³/mol. The second kappa shape index (κ2) is 7.23. The Balaban J connectivity index is 1.63. The number of aliphatic hydroxyl groups is 1. The smallest absolute Gasteiger partial charge is 0.0701 e. The number of thioether (sulfide) groups is 1. The molecule has 2 heterocycles. The van der Waals surface area contributed by atoms with Gasteiger partial charge in [0.15, 0.2) is 0 Å². The average molecular weight is 313 g/mol. The van der Waals surface area contributed by atoms with Gasteiger partial charge in [-0.2, -0.15) is 11.8 Å². The highest BCUT2D eigenvalue weighted by Crippen LogP contribution is 2.46. The lowest BCUT2D eigenvalue weighted by Gasteiger charge is -2.47. The number of ether oxygens (including phenoxy) is 1. The number of aliphatic hydroxyl groups excluding tert-OH is 1. The van der Waals surface area contributed by atoms with E-state index >= 15 is 0 Å². The molecule has 4 atom stereocenters. The summed E-state index contributed by atoms with van der Waals surface area (Å²) in [6, 6.07) is 0. The molecule has 1 N–H and O–H groups in total. The van der Waals surface area contributed by atoms with Gasteiger partial charge in [-0.1, -0.05) is 19.8 Å². The van der Waals surface area contributed by atoms with Gasteiger partial charge in [-0.15, -0.1) is 0 Å². The van der Waals surface area contributed by atoms with Crippen molar-refractivity contribution >= 4 is 11.8 Å². The Labute approximate surface area is 134 Å². The van der Waals surface area contributed by atoms with E-state index < -0.39 is 0 Å². The molecular weight excluding hydrogens is 280 g/mol. The molecule has 1 spiro atoms. The zero-order chi connectivity index (χ0) is 14.7. The second-order valence-corrected chi connectivity index (χ2v) is 8.82. The molecule has 21 heavy (non-hydrogen) atoms. The Kier molecular flexibility index (Phi) is 5.55. The first kappa shape index (κ1) is 16.1. The van der Waals surface area contributed by atoms with Crippen LogP contribution in [0, 0.1) is 17.8 Å². The maximum absolute atomic E-state index is 10.5. The van der Waals surface area contributed by atoms with Crippen molar-refractivity contribution in [1.82, 2.24) is 0 Å². The molecule has 0 aromatic heterocycles. The van der Waals surface area contributed by atoms with Crippen LogP contribution in [0.2, 0.25) is 0 Å². The molecule has 1 aliphatic carbocycles. The van der Waals surface area contributed by atoms with E-state index in [-0.39, 0.29) is 11.7 Å². The molecule has 2 aliphatic heterocycles. The van der Waals surface area contributed by atoms with E-state index in [0.29, 0.717) is 11.8 Å². The van der Waals surface area contributed by atoms with Gasteiger partial charge in [0, 0.05) is 6.61 Å². The van der Waals surface area contributed by atoms with E-state index in [9.17, 15) is 5.11 Å². The molecule has 4 unspecified atom stereocenters. The lowest BCUT2D eigenvalue weighted by molar-refractivity contribution is -0.125. The topological polar surface area (TPSA) is 29.5 Å². The first-order chi connectivity index (χ1) is 10.2. The Morgan fingerprint density at radius 3 is 2.76 bits per heavy atom. The minimum atomic E-state index is -0.0452. The fourth-order valence-corrected chi connectivity index (χ4v) is 6.22. The van der Waals surface area contributed by atoms with E-state index in [1.807, 2.05) is 0 Å². The summed E-state index contributed by atoms with van der Waals surface area (Å²) in [5, 5.41) is 10.5. The van der Waals surface area contributed by atoms with Gasteiger partial charge >= 0.3 is 0 Å². The zero-order valence-corrected chi connectivity index (χ0v) is 14.4. The maximum Gasteiger partial charge on any atom is 0.0701 e. The van der Waals surface area contributed by atoms with Gasteiger partial charge < -0.3 is 9.84 Å². The quantitative estimate of drug-likeness (QED) is 0.844. The molecule has 3 fully saturated rings. The van der Waals surface area contributed by atoms with Crippen molar-refractivity contribution in [1.29, 1.82) is 0 Å². The molecule has 0 aromatic carbocycles. The van der Waals surface area contributed by atoms with Crippen LogP contribution in [-0.2, 0) is 4.74 Å². The standard InChI is InChI=1S/C18H32O2S/c1-2-3-14-4-5-17(19)16(12-14)15-6-9-20-18(13-15)7-10-21-11-8-18/h14-17,19H,2-13H2,1H3. The minimum Gasteiger partial charge on any atom is -0.393 e. The second-order valence-electron chi connectivity index (χ2n) is 7.60. The van der Waals surface area contributed by atoms with Gasteiger partial charge in [-0.25, -0.2) is 0 Å².